The summed E-state index contributed by atoms with van der Waals surface area (Å²) >= 11 is 12.3. The Labute approximate surface area is 140 Å². The molecule has 0 aliphatic rings. The van der Waals surface area contributed by atoms with Crippen molar-refractivity contribution < 1.29 is 0 Å². The lowest BCUT2D eigenvalue weighted by atomic mass is 10.3. The zero-order valence-corrected chi connectivity index (χ0v) is 14.2. The summed E-state index contributed by atoms with van der Waals surface area (Å²) in [6.45, 7) is 6.04. The monoisotopic (exact) mass is 339 g/mol. The number of rotatable bonds is 7. The number of benzene rings is 1. The van der Waals surface area contributed by atoms with Gasteiger partial charge in [0.05, 0.1) is 21.9 Å². The van der Waals surface area contributed by atoms with Crippen molar-refractivity contribution in [1.29, 1.82) is 0 Å². The third kappa shape index (κ3) is 4.21. The zero-order valence-electron chi connectivity index (χ0n) is 12.7. The maximum absolute atomic E-state index is 6.16. The summed E-state index contributed by atoms with van der Waals surface area (Å²) in [4.78, 5) is 6.63. The zero-order chi connectivity index (χ0) is 15.9. The SMILES string of the molecule is CCCN(CCC)c1nncc(Nc2c(Cl)cccc2Cl)n1. The average Bonchev–Trinajstić information content (AvgIpc) is 2.51. The molecule has 0 aliphatic heterocycles. The summed E-state index contributed by atoms with van der Waals surface area (Å²) in [7, 11) is 0. The summed E-state index contributed by atoms with van der Waals surface area (Å²) in [5, 5.41) is 12.3. The molecule has 1 aromatic heterocycles. The molecule has 0 amide bonds. The molecule has 0 spiro atoms. The lowest BCUT2D eigenvalue weighted by Crippen LogP contribution is -2.27. The van der Waals surface area contributed by atoms with Crippen molar-refractivity contribution in [2.75, 3.05) is 23.3 Å². The van der Waals surface area contributed by atoms with Crippen molar-refractivity contribution >= 4 is 40.7 Å². The predicted octanol–water partition coefficient (Wildman–Crippen LogP) is 4.55. The molecular weight excluding hydrogens is 321 g/mol. The smallest absolute Gasteiger partial charge is 0.247 e. The van der Waals surface area contributed by atoms with Crippen LogP contribution in [0.4, 0.5) is 17.5 Å². The molecule has 118 valence electrons. The van der Waals surface area contributed by atoms with Gasteiger partial charge in [0.2, 0.25) is 5.95 Å². The molecule has 7 heteroatoms. The Hall–Kier alpha value is -1.59. The largest absolute Gasteiger partial charge is 0.339 e. The van der Waals surface area contributed by atoms with Crippen molar-refractivity contribution in [3.8, 4) is 0 Å². The maximum atomic E-state index is 6.16. The number of hydrogen-bond donors (Lipinski definition) is 1. The molecule has 1 aromatic carbocycles. The fraction of sp³-hybridized carbons (Fsp3) is 0.400. The van der Waals surface area contributed by atoms with Gasteiger partial charge in [0, 0.05) is 13.1 Å². The molecule has 0 radical (unpaired) electrons. The number of halogens is 2. The summed E-state index contributed by atoms with van der Waals surface area (Å²) in [6.07, 6.45) is 3.61. The molecule has 0 fully saturated rings. The van der Waals surface area contributed by atoms with Gasteiger partial charge >= 0.3 is 0 Å². The van der Waals surface area contributed by atoms with E-state index in [-0.39, 0.29) is 0 Å². The van der Waals surface area contributed by atoms with Crippen LogP contribution in [0.2, 0.25) is 10.0 Å². The Balaban J connectivity index is 2.24. The number of aromatic nitrogens is 3. The Kier molecular flexibility index (Phi) is 6.21. The second-order valence-electron chi connectivity index (χ2n) is 4.85. The fourth-order valence-electron chi connectivity index (χ4n) is 2.09. The van der Waals surface area contributed by atoms with E-state index >= 15 is 0 Å². The van der Waals surface area contributed by atoms with Gasteiger partial charge < -0.3 is 10.2 Å². The van der Waals surface area contributed by atoms with Crippen LogP contribution >= 0.6 is 23.2 Å². The highest BCUT2D eigenvalue weighted by Gasteiger charge is 2.11. The van der Waals surface area contributed by atoms with Crippen LogP contribution in [0.25, 0.3) is 0 Å². The van der Waals surface area contributed by atoms with Gasteiger partial charge in [0.1, 0.15) is 0 Å². The molecule has 0 saturated heterocycles. The quantitative estimate of drug-likeness (QED) is 0.801. The molecule has 0 atom stereocenters. The van der Waals surface area contributed by atoms with Crippen LogP contribution in [0.1, 0.15) is 26.7 Å². The van der Waals surface area contributed by atoms with E-state index in [9.17, 15) is 0 Å². The molecule has 1 N–H and O–H groups in total. The summed E-state index contributed by atoms with van der Waals surface area (Å²) in [6, 6.07) is 5.33. The van der Waals surface area contributed by atoms with E-state index in [0.29, 0.717) is 27.5 Å². The van der Waals surface area contributed by atoms with Gasteiger partial charge in [-0.15, -0.1) is 5.10 Å². The molecule has 0 bridgehead atoms. The third-order valence-electron chi connectivity index (χ3n) is 3.03. The van der Waals surface area contributed by atoms with Gasteiger partial charge in [-0.25, -0.2) is 0 Å². The van der Waals surface area contributed by atoms with Crippen LogP contribution in [0, 0.1) is 0 Å². The van der Waals surface area contributed by atoms with Crippen LogP contribution in [-0.4, -0.2) is 28.3 Å². The van der Waals surface area contributed by atoms with E-state index in [1.165, 1.54) is 0 Å². The minimum atomic E-state index is 0.534. The highest BCUT2D eigenvalue weighted by atomic mass is 35.5. The maximum Gasteiger partial charge on any atom is 0.247 e. The minimum absolute atomic E-state index is 0.534. The van der Waals surface area contributed by atoms with Crippen molar-refractivity contribution in [2.45, 2.75) is 26.7 Å². The molecule has 0 aliphatic carbocycles. The van der Waals surface area contributed by atoms with Gasteiger partial charge in [-0.2, -0.15) is 10.1 Å². The first kappa shape index (κ1) is 16.8. The van der Waals surface area contributed by atoms with Crippen LogP contribution in [0.3, 0.4) is 0 Å². The van der Waals surface area contributed by atoms with Crippen molar-refractivity contribution in [3.05, 3.63) is 34.4 Å². The summed E-state index contributed by atoms with van der Waals surface area (Å²) in [5.74, 6) is 1.18. The average molecular weight is 340 g/mol. The molecule has 0 unspecified atom stereocenters. The fourth-order valence-corrected chi connectivity index (χ4v) is 2.58. The molecule has 2 rings (SSSR count). The van der Waals surface area contributed by atoms with E-state index in [0.717, 1.165) is 25.9 Å². The van der Waals surface area contributed by atoms with E-state index in [1.54, 1.807) is 24.4 Å². The Morgan fingerprint density at radius 3 is 2.32 bits per heavy atom. The Morgan fingerprint density at radius 1 is 1.09 bits per heavy atom. The first-order valence-corrected chi connectivity index (χ1v) is 8.07. The molecule has 5 nitrogen and oxygen atoms in total. The van der Waals surface area contributed by atoms with Crippen LogP contribution < -0.4 is 10.2 Å². The third-order valence-corrected chi connectivity index (χ3v) is 3.66. The second-order valence-corrected chi connectivity index (χ2v) is 5.66. The number of hydrogen-bond acceptors (Lipinski definition) is 5. The van der Waals surface area contributed by atoms with Gasteiger partial charge in [0.15, 0.2) is 5.82 Å². The topological polar surface area (TPSA) is 53.9 Å². The van der Waals surface area contributed by atoms with Gasteiger partial charge in [-0.05, 0) is 25.0 Å². The van der Waals surface area contributed by atoms with Crippen LogP contribution in [-0.2, 0) is 0 Å². The number of nitrogens with one attached hydrogen (secondary N) is 1. The van der Waals surface area contributed by atoms with Crippen molar-refractivity contribution in [3.63, 3.8) is 0 Å². The van der Waals surface area contributed by atoms with Gasteiger partial charge in [-0.1, -0.05) is 43.1 Å². The lowest BCUT2D eigenvalue weighted by Gasteiger charge is -2.21. The lowest BCUT2D eigenvalue weighted by molar-refractivity contribution is 0.711. The normalized spacial score (nSPS) is 10.5. The van der Waals surface area contributed by atoms with Gasteiger partial charge in [0.25, 0.3) is 0 Å². The van der Waals surface area contributed by atoms with E-state index in [2.05, 4.69) is 39.2 Å². The number of anilines is 3. The van der Waals surface area contributed by atoms with E-state index < -0.39 is 0 Å². The van der Waals surface area contributed by atoms with Crippen molar-refractivity contribution in [2.24, 2.45) is 0 Å². The highest BCUT2D eigenvalue weighted by molar-refractivity contribution is 6.39. The van der Waals surface area contributed by atoms with Crippen LogP contribution in [0.15, 0.2) is 24.4 Å². The number of para-hydroxylation sites is 1. The molecular formula is C15H19Cl2N5. The summed E-state index contributed by atoms with van der Waals surface area (Å²) in [5.41, 5.74) is 0.620. The highest BCUT2D eigenvalue weighted by Crippen LogP contribution is 2.32. The van der Waals surface area contributed by atoms with E-state index in [1.807, 2.05) is 0 Å². The van der Waals surface area contributed by atoms with E-state index in [4.69, 9.17) is 23.2 Å². The predicted molar refractivity (Wildman–Crippen MR) is 92.4 cm³/mol. The minimum Gasteiger partial charge on any atom is -0.339 e. The van der Waals surface area contributed by atoms with Crippen LogP contribution in [0.5, 0.6) is 0 Å². The molecule has 1 heterocycles. The molecule has 0 saturated carbocycles. The second kappa shape index (κ2) is 8.15. The first-order valence-electron chi connectivity index (χ1n) is 7.31. The van der Waals surface area contributed by atoms with Crippen molar-refractivity contribution in [1.82, 2.24) is 15.2 Å². The standard InChI is InChI=1S/C15H19Cl2N5/c1-3-8-22(9-4-2)15-20-13(10-18-21-15)19-14-11(16)6-5-7-12(14)17/h5-7,10H,3-4,8-9H2,1-2H3,(H,19,20,21). The molecule has 22 heavy (non-hydrogen) atoms. The first-order chi connectivity index (χ1) is 10.7. The Bertz CT molecular complexity index is 594. The Morgan fingerprint density at radius 2 is 1.73 bits per heavy atom. The number of nitrogens with zero attached hydrogens (tertiary/aromatic N) is 4. The van der Waals surface area contributed by atoms with Gasteiger partial charge in [-0.3, -0.25) is 0 Å². The molecule has 2 aromatic rings. The summed E-state index contributed by atoms with van der Waals surface area (Å²) < 4.78 is 0.